The molecule has 1 aliphatic rings. The van der Waals surface area contributed by atoms with Crippen molar-refractivity contribution in [3.05, 3.63) is 64.3 Å². The number of hydrogen-bond acceptors (Lipinski definition) is 3. The van der Waals surface area contributed by atoms with Crippen molar-refractivity contribution in [1.82, 2.24) is 4.72 Å². The molecule has 0 saturated heterocycles. The van der Waals surface area contributed by atoms with Gasteiger partial charge in [0.1, 0.15) is 4.90 Å². The molecule has 0 saturated carbocycles. The summed E-state index contributed by atoms with van der Waals surface area (Å²) in [6.45, 7) is 8.46. The molecule has 5 heteroatoms. The topological polar surface area (TPSA) is 63.2 Å². The summed E-state index contributed by atoms with van der Waals surface area (Å²) in [6.07, 6.45) is 11.2. The summed E-state index contributed by atoms with van der Waals surface area (Å²) in [4.78, 5) is 11.9. The van der Waals surface area contributed by atoms with Gasteiger partial charge in [0.25, 0.3) is 15.9 Å². The molecule has 1 aliphatic heterocycles. The van der Waals surface area contributed by atoms with Crippen molar-refractivity contribution in [3.63, 3.8) is 0 Å². The van der Waals surface area contributed by atoms with E-state index in [1.54, 1.807) is 18.2 Å². The lowest BCUT2D eigenvalue weighted by Crippen LogP contribution is -2.21. The van der Waals surface area contributed by atoms with E-state index in [0.29, 0.717) is 12.0 Å². The van der Waals surface area contributed by atoms with Gasteiger partial charge in [-0.2, -0.15) is 0 Å². The third-order valence-electron chi connectivity index (χ3n) is 4.63. The van der Waals surface area contributed by atoms with Crippen LogP contribution < -0.4 is 4.72 Å². The quantitative estimate of drug-likeness (QED) is 0.633. The summed E-state index contributed by atoms with van der Waals surface area (Å²) in [5.74, 6) is -0.540. The smallest absolute Gasteiger partial charge is 0.266 e. The van der Waals surface area contributed by atoms with Gasteiger partial charge in [-0.05, 0) is 71.4 Å². The summed E-state index contributed by atoms with van der Waals surface area (Å²) >= 11 is 0. The standard InChI is InChI=1S/C22H29NO3S/c1-16(2)8-5-9-17(3)10-6-11-18(4)14-15-19-12-7-13-20-21(19)27(25,26)23-22(20)24/h7-8,10,12-14H,5-6,9,11,15H2,1-4H3,(H,23,24). The molecule has 0 atom stereocenters. The lowest BCUT2D eigenvalue weighted by molar-refractivity contribution is 0.0985. The Labute approximate surface area is 163 Å². The van der Waals surface area contributed by atoms with Crippen LogP contribution in [0.25, 0.3) is 0 Å². The second-order valence-corrected chi connectivity index (χ2v) is 9.01. The Balaban J connectivity index is 1.96. The highest BCUT2D eigenvalue weighted by molar-refractivity contribution is 7.90. The number of amides is 1. The van der Waals surface area contributed by atoms with Gasteiger partial charge >= 0.3 is 0 Å². The molecule has 0 spiro atoms. The van der Waals surface area contributed by atoms with Gasteiger partial charge in [-0.3, -0.25) is 4.79 Å². The van der Waals surface area contributed by atoms with Gasteiger partial charge in [0.2, 0.25) is 0 Å². The Morgan fingerprint density at radius 3 is 2.26 bits per heavy atom. The highest BCUT2D eigenvalue weighted by atomic mass is 32.2. The van der Waals surface area contributed by atoms with Crippen molar-refractivity contribution in [3.8, 4) is 0 Å². The Morgan fingerprint density at radius 1 is 0.963 bits per heavy atom. The Morgan fingerprint density at radius 2 is 1.59 bits per heavy atom. The zero-order chi connectivity index (χ0) is 20.0. The monoisotopic (exact) mass is 387 g/mol. The average molecular weight is 388 g/mol. The number of hydrogen-bond donors (Lipinski definition) is 1. The first-order valence-electron chi connectivity index (χ1n) is 9.34. The third kappa shape index (κ3) is 5.93. The Kier molecular flexibility index (Phi) is 7.19. The van der Waals surface area contributed by atoms with Crippen molar-refractivity contribution in [2.24, 2.45) is 0 Å². The number of fused-ring (bicyclic) bond motifs is 1. The molecular formula is C22H29NO3S. The maximum absolute atomic E-state index is 12.1. The molecule has 0 radical (unpaired) electrons. The van der Waals surface area contributed by atoms with Crippen LogP contribution in [0.15, 0.2) is 58.0 Å². The van der Waals surface area contributed by atoms with Crippen LogP contribution >= 0.6 is 0 Å². The van der Waals surface area contributed by atoms with Crippen LogP contribution in [0.5, 0.6) is 0 Å². The molecule has 1 aromatic rings. The second kappa shape index (κ2) is 9.18. The maximum atomic E-state index is 12.1. The molecule has 0 bridgehead atoms. The maximum Gasteiger partial charge on any atom is 0.266 e. The van der Waals surface area contributed by atoms with Gasteiger partial charge < -0.3 is 0 Å². The van der Waals surface area contributed by atoms with Gasteiger partial charge in [-0.15, -0.1) is 0 Å². The van der Waals surface area contributed by atoms with E-state index in [4.69, 9.17) is 0 Å². The average Bonchev–Trinajstić information content (AvgIpc) is 2.82. The van der Waals surface area contributed by atoms with E-state index in [9.17, 15) is 13.2 Å². The molecule has 2 rings (SSSR count). The van der Waals surface area contributed by atoms with Gasteiger partial charge in [0.15, 0.2) is 0 Å². The fourth-order valence-corrected chi connectivity index (χ4v) is 4.50. The van der Waals surface area contributed by atoms with Crippen LogP contribution in [0.2, 0.25) is 0 Å². The first-order valence-corrected chi connectivity index (χ1v) is 10.8. The summed E-state index contributed by atoms with van der Waals surface area (Å²) in [6, 6.07) is 5.06. The van der Waals surface area contributed by atoms with E-state index in [-0.39, 0.29) is 10.5 Å². The van der Waals surface area contributed by atoms with Crippen molar-refractivity contribution in [2.75, 3.05) is 0 Å². The molecule has 0 aliphatic carbocycles. The van der Waals surface area contributed by atoms with Crippen LogP contribution in [0.3, 0.4) is 0 Å². The molecule has 1 amide bonds. The lowest BCUT2D eigenvalue weighted by atomic mass is 10.0. The molecule has 0 unspecified atom stereocenters. The number of benzene rings is 1. The molecule has 146 valence electrons. The number of nitrogens with one attached hydrogen (secondary N) is 1. The molecule has 4 nitrogen and oxygen atoms in total. The number of rotatable bonds is 8. The molecular weight excluding hydrogens is 358 g/mol. The molecule has 0 fully saturated rings. The third-order valence-corrected chi connectivity index (χ3v) is 6.10. The van der Waals surface area contributed by atoms with Crippen molar-refractivity contribution in [1.29, 1.82) is 0 Å². The second-order valence-electron chi connectivity index (χ2n) is 7.39. The van der Waals surface area contributed by atoms with Crippen molar-refractivity contribution >= 4 is 15.9 Å². The molecule has 1 N–H and O–H groups in total. The van der Waals surface area contributed by atoms with Crippen LogP contribution in [-0.2, 0) is 16.4 Å². The minimum Gasteiger partial charge on any atom is -0.268 e. The largest absolute Gasteiger partial charge is 0.268 e. The highest BCUT2D eigenvalue weighted by Crippen LogP contribution is 2.27. The summed E-state index contributed by atoms with van der Waals surface area (Å²) < 4.78 is 26.3. The van der Waals surface area contributed by atoms with E-state index in [0.717, 1.165) is 25.7 Å². The van der Waals surface area contributed by atoms with Gasteiger partial charge in [0.05, 0.1) is 5.56 Å². The first-order chi connectivity index (χ1) is 12.7. The lowest BCUT2D eigenvalue weighted by Gasteiger charge is -2.05. The summed E-state index contributed by atoms with van der Waals surface area (Å²) in [7, 11) is -3.72. The Hall–Kier alpha value is -2.14. The SMILES string of the molecule is CC(C)=CCCC(C)=CCCC(C)=CCc1cccc2c1S(=O)(=O)NC2=O. The van der Waals surface area contributed by atoms with E-state index < -0.39 is 15.9 Å². The van der Waals surface area contributed by atoms with Gasteiger partial charge in [-0.25, -0.2) is 13.1 Å². The predicted molar refractivity (Wildman–Crippen MR) is 110 cm³/mol. The molecule has 1 heterocycles. The van der Waals surface area contributed by atoms with Gasteiger partial charge in [0, 0.05) is 0 Å². The minimum atomic E-state index is -3.72. The van der Waals surface area contributed by atoms with Crippen LogP contribution in [-0.4, -0.2) is 14.3 Å². The van der Waals surface area contributed by atoms with Gasteiger partial charge in [-0.1, -0.05) is 47.1 Å². The molecule has 0 aromatic heterocycles. The summed E-state index contributed by atoms with van der Waals surface area (Å²) in [5.41, 5.74) is 4.88. The first kappa shape index (κ1) is 21.2. The predicted octanol–water partition coefficient (Wildman–Crippen LogP) is 5.08. The molecule has 27 heavy (non-hydrogen) atoms. The minimum absolute atomic E-state index is 0.133. The number of sulfonamides is 1. The van der Waals surface area contributed by atoms with Crippen molar-refractivity contribution in [2.45, 2.75) is 64.7 Å². The van der Waals surface area contributed by atoms with Crippen LogP contribution in [0.4, 0.5) is 0 Å². The summed E-state index contributed by atoms with van der Waals surface area (Å²) in [5, 5.41) is 0. The number of carbonyl (C=O) groups excluding carboxylic acids is 1. The highest BCUT2D eigenvalue weighted by Gasteiger charge is 2.34. The van der Waals surface area contributed by atoms with E-state index in [2.05, 4.69) is 50.6 Å². The number of allylic oxidation sites excluding steroid dienone is 6. The fourth-order valence-electron chi connectivity index (χ4n) is 3.09. The molecule has 1 aromatic carbocycles. The number of carbonyl (C=O) groups is 1. The van der Waals surface area contributed by atoms with Crippen molar-refractivity contribution < 1.29 is 13.2 Å². The van der Waals surface area contributed by atoms with Crippen LogP contribution in [0.1, 0.15) is 69.3 Å². The Bertz CT molecular complexity index is 901. The van der Waals surface area contributed by atoms with Crippen LogP contribution in [0, 0.1) is 0 Å². The zero-order valence-corrected chi connectivity index (χ0v) is 17.4. The van der Waals surface area contributed by atoms with E-state index >= 15 is 0 Å². The fraction of sp³-hybridized carbons (Fsp3) is 0.409. The van der Waals surface area contributed by atoms with E-state index in [1.165, 1.54) is 16.7 Å². The zero-order valence-electron chi connectivity index (χ0n) is 16.6. The van der Waals surface area contributed by atoms with E-state index in [1.807, 2.05) is 0 Å². The normalized spacial score (nSPS) is 16.1.